The Morgan fingerprint density at radius 2 is 2.27 bits per heavy atom. The SMILES string of the molecule is Nc1ccnc2ncc(Br)n12. The van der Waals surface area contributed by atoms with Crippen LogP contribution in [0.15, 0.2) is 23.1 Å². The van der Waals surface area contributed by atoms with Crippen molar-refractivity contribution in [2.24, 2.45) is 0 Å². The molecule has 2 aromatic heterocycles. The van der Waals surface area contributed by atoms with Gasteiger partial charge in [0.15, 0.2) is 0 Å². The van der Waals surface area contributed by atoms with Crippen LogP contribution in [0.3, 0.4) is 0 Å². The van der Waals surface area contributed by atoms with E-state index in [1.54, 1.807) is 22.9 Å². The van der Waals surface area contributed by atoms with Gasteiger partial charge in [-0.05, 0) is 22.0 Å². The number of halogens is 1. The Morgan fingerprint density at radius 3 is 3.00 bits per heavy atom. The van der Waals surface area contributed by atoms with E-state index in [0.717, 1.165) is 4.60 Å². The zero-order chi connectivity index (χ0) is 7.84. The first-order chi connectivity index (χ1) is 5.29. The number of nitrogens with zero attached hydrogens (tertiary/aromatic N) is 3. The lowest BCUT2D eigenvalue weighted by molar-refractivity contribution is 1.10. The predicted molar refractivity (Wildman–Crippen MR) is 45.1 cm³/mol. The highest BCUT2D eigenvalue weighted by molar-refractivity contribution is 9.10. The first kappa shape index (κ1) is 6.60. The second kappa shape index (κ2) is 2.20. The molecule has 0 aliphatic carbocycles. The predicted octanol–water partition coefficient (Wildman–Crippen LogP) is 1.07. The van der Waals surface area contributed by atoms with Gasteiger partial charge in [0.2, 0.25) is 5.78 Å². The molecule has 0 atom stereocenters. The molecule has 0 unspecified atom stereocenters. The highest BCUT2D eigenvalue weighted by Crippen LogP contribution is 2.14. The fourth-order valence-electron chi connectivity index (χ4n) is 0.907. The monoisotopic (exact) mass is 212 g/mol. The standard InChI is InChI=1S/C6H5BrN4/c7-4-3-10-6-9-2-1-5(8)11(4)6/h1-3H,8H2. The number of anilines is 1. The summed E-state index contributed by atoms with van der Waals surface area (Å²) in [4.78, 5) is 8.01. The van der Waals surface area contributed by atoms with Gasteiger partial charge in [0.25, 0.3) is 0 Å². The Labute approximate surface area is 71.2 Å². The normalized spacial score (nSPS) is 10.6. The molecule has 2 aromatic rings. The number of fused-ring (bicyclic) bond motifs is 1. The van der Waals surface area contributed by atoms with Crippen molar-refractivity contribution in [1.29, 1.82) is 0 Å². The number of imidazole rings is 1. The molecule has 0 fully saturated rings. The number of nitrogens with two attached hydrogens (primary N) is 1. The molecule has 0 aromatic carbocycles. The molecule has 0 saturated heterocycles. The Hall–Kier alpha value is -1.10. The van der Waals surface area contributed by atoms with Gasteiger partial charge in [0.05, 0.1) is 6.20 Å². The fourth-order valence-corrected chi connectivity index (χ4v) is 1.37. The molecule has 11 heavy (non-hydrogen) atoms. The van der Waals surface area contributed by atoms with Crippen LogP contribution in [0.1, 0.15) is 0 Å². The number of nitrogen functional groups attached to an aromatic ring is 1. The Balaban J connectivity index is 2.96. The van der Waals surface area contributed by atoms with E-state index in [-0.39, 0.29) is 0 Å². The first-order valence-electron chi connectivity index (χ1n) is 3.02. The van der Waals surface area contributed by atoms with E-state index in [1.165, 1.54) is 0 Å². The maximum absolute atomic E-state index is 5.65. The van der Waals surface area contributed by atoms with Gasteiger partial charge < -0.3 is 5.73 Å². The van der Waals surface area contributed by atoms with E-state index in [1.807, 2.05) is 0 Å². The molecule has 2 N–H and O–H groups in total. The van der Waals surface area contributed by atoms with Gasteiger partial charge in [-0.1, -0.05) is 0 Å². The zero-order valence-electron chi connectivity index (χ0n) is 5.53. The molecule has 4 nitrogen and oxygen atoms in total. The Kier molecular flexibility index (Phi) is 1.32. The largest absolute Gasteiger partial charge is 0.385 e. The average Bonchev–Trinajstić information content (AvgIpc) is 2.34. The molecule has 56 valence electrons. The third-order valence-electron chi connectivity index (χ3n) is 1.39. The maximum atomic E-state index is 5.65. The third-order valence-corrected chi connectivity index (χ3v) is 1.95. The van der Waals surface area contributed by atoms with Gasteiger partial charge in [0, 0.05) is 6.20 Å². The van der Waals surface area contributed by atoms with Gasteiger partial charge in [-0.25, -0.2) is 9.97 Å². The molecule has 2 rings (SSSR count). The van der Waals surface area contributed by atoms with Crippen LogP contribution in [-0.4, -0.2) is 14.4 Å². The van der Waals surface area contributed by atoms with Crippen LogP contribution in [0.5, 0.6) is 0 Å². The number of rotatable bonds is 0. The third kappa shape index (κ3) is 0.883. The van der Waals surface area contributed by atoms with Crippen LogP contribution < -0.4 is 5.73 Å². The smallest absolute Gasteiger partial charge is 0.236 e. The van der Waals surface area contributed by atoms with Crippen molar-refractivity contribution in [2.75, 3.05) is 5.73 Å². The van der Waals surface area contributed by atoms with E-state index >= 15 is 0 Å². The molecule has 0 spiro atoms. The second-order valence-corrected chi connectivity index (χ2v) is 2.90. The van der Waals surface area contributed by atoms with Gasteiger partial charge in [-0.2, -0.15) is 0 Å². The van der Waals surface area contributed by atoms with Crippen LogP contribution in [0.2, 0.25) is 0 Å². The lowest BCUT2D eigenvalue weighted by Crippen LogP contribution is -1.97. The summed E-state index contributed by atoms with van der Waals surface area (Å²) in [6.07, 6.45) is 3.29. The highest BCUT2D eigenvalue weighted by atomic mass is 79.9. The highest BCUT2D eigenvalue weighted by Gasteiger charge is 2.01. The van der Waals surface area contributed by atoms with Crippen molar-refractivity contribution in [2.45, 2.75) is 0 Å². The summed E-state index contributed by atoms with van der Waals surface area (Å²) in [6, 6.07) is 1.72. The van der Waals surface area contributed by atoms with Crippen molar-refractivity contribution in [3.8, 4) is 0 Å². The van der Waals surface area contributed by atoms with E-state index in [0.29, 0.717) is 11.6 Å². The van der Waals surface area contributed by atoms with E-state index in [9.17, 15) is 0 Å². The van der Waals surface area contributed by atoms with E-state index in [4.69, 9.17) is 5.73 Å². The van der Waals surface area contributed by atoms with Gasteiger partial charge >= 0.3 is 0 Å². The van der Waals surface area contributed by atoms with E-state index < -0.39 is 0 Å². The van der Waals surface area contributed by atoms with Crippen LogP contribution in [0.4, 0.5) is 5.82 Å². The molecule has 0 aliphatic heterocycles. The number of hydrogen-bond donors (Lipinski definition) is 1. The summed E-state index contributed by atoms with van der Waals surface area (Å²) in [6.45, 7) is 0. The second-order valence-electron chi connectivity index (χ2n) is 2.09. The summed E-state index contributed by atoms with van der Waals surface area (Å²) in [5.74, 6) is 1.23. The minimum absolute atomic E-state index is 0.608. The molecule has 0 aliphatic rings. The van der Waals surface area contributed by atoms with Crippen molar-refractivity contribution in [3.63, 3.8) is 0 Å². The van der Waals surface area contributed by atoms with Crippen molar-refractivity contribution >= 4 is 27.5 Å². The van der Waals surface area contributed by atoms with Crippen molar-refractivity contribution in [1.82, 2.24) is 14.4 Å². The van der Waals surface area contributed by atoms with E-state index in [2.05, 4.69) is 25.9 Å². The Morgan fingerprint density at radius 1 is 1.45 bits per heavy atom. The Bertz CT molecular complexity index is 394. The maximum Gasteiger partial charge on any atom is 0.236 e. The summed E-state index contributed by atoms with van der Waals surface area (Å²) in [7, 11) is 0. The molecule has 5 heteroatoms. The van der Waals surface area contributed by atoms with Crippen molar-refractivity contribution < 1.29 is 0 Å². The van der Waals surface area contributed by atoms with Crippen LogP contribution >= 0.6 is 15.9 Å². The summed E-state index contributed by atoms with van der Waals surface area (Å²) in [5.41, 5.74) is 5.65. The van der Waals surface area contributed by atoms with Crippen LogP contribution in [0.25, 0.3) is 5.78 Å². The van der Waals surface area contributed by atoms with Crippen molar-refractivity contribution in [3.05, 3.63) is 23.1 Å². The molecule has 2 heterocycles. The van der Waals surface area contributed by atoms with Crippen LogP contribution in [0, 0.1) is 0 Å². The zero-order valence-corrected chi connectivity index (χ0v) is 7.12. The summed E-state index contributed by atoms with van der Waals surface area (Å²) in [5, 5.41) is 0. The minimum atomic E-state index is 0.608. The quantitative estimate of drug-likeness (QED) is 0.712. The molecule has 0 amide bonds. The topological polar surface area (TPSA) is 56.2 Å². The molecule has 0 saturated carbocycles. The summed E-state index contributed by atoms with van der Waals surface area (Å²) < 4.78 is 2.54. The lowest BCUT2D eigenvalue weighted by Gasteiger charge is -1.97. The molecular weight excluding hydrogens is 208 g/mol. The number of hydrogen-bond acceptors (Lipinski definition) is 3. The first-order valence-corrected chi connectivity index (χ1v) is 3.82. The fraction of sp³-hybridized carbons (Fsp3) is 0. The lowest BCUT2D eigenvalue weighted by atomic mass is 10.6. The molecule has 0 radical (unpaired) electrons. The van der Waals surface area contributed by atoms with Gasteiger partial charge in [0.1, 0.15) is 10.4 Å². The van der Waals surface area contributed by atoms with Gasteiger partial charge in [-0.3, -0.25) is 4.40 Å². The van der Waals surface area contributed by atoms with Crippen LogP contribution in [-0.2, 0) is 0 Å². The minimum Gasteiger partial charge on any atom is -0.385 e. The summed E-state index contributed by atoms with van der Waals surface area (Å²) >= 11 is 3.30. The van der Waals surface area contributed by atoms with Gasteiger partial charge in [-0.15, -0.1) is 0 Å². The number of aromatic nitrogens is 3. The molecular formula is C6H5BrN4. The molecule has 0 bridgehead atoms. The average molecular weight is 213 g/mol.